The zero-order valence-corrected chi connectivity index (χ0v) is 15.1. The molecule has 0 spiro atoms. The van der Waals surface area contributed by atoms with Crippen LogP contribution in [-0.4, -0.2) is 19.0 Å². The fraction of sp³-hybridized carbons (Fsp3) is 0.409. The van der Waals surface area contributed by atoms with Crippen LogP contribution in [0.25, 0.3) is 0 Å². The Kier molecular flexibility index (Phi) is 6.10. The molecule has 0 bridgehead atoms. The summed E-state index contributed by atoms with van der Waals surface area (Å²) in [4.78, 5) is 14.8. The SMILES string of the molecule is C[C@H](CC(=O)Nc1ccc(N2CCCCCC2)cc1)c1ccccc1. The van der Waals surface area contributed by atoms with E-state index in [4.69, 9.17) is 0 Å². The molecule has 0 unspecified atom stereocenters. The first kappa shape index (κ1) is 17.5. The maximum absolute atomic E-state index is 12.3. The number of hydrogen-bond donors (Lipinski definition) is 1. The van der Waals surface area contributed by atoms with Gasteiger partial charge >= 0.3 is 0 Å². The molecule has 132 valence electrons. The van der Waals surface area contributed by atoms with Gasteiger partial charge in [-0.1, -0.05) is 50.1 Å². The van der Waals surface area contributed by atoms with Crippen LogP contribution in [0.3, 0.4) is 0 Å². The lowest BCUT2D eigenvalue weighted by molar-refractivity contribution is -0.116. The van der Waals surface area contributed by atoms with E-state index in [2.05, 4.69) is 41.4 Å². The number of carbonyl (C=O) groups excluding carboxylic acids is 1. The third kappa shape index (κ3) is 5.09. The molecule has 3 rings (SSSR count). The lowest BCUT2D eigenvalue weighted by atomic mass is 9.97. The Morgan fingerprint density at radius 2 is 1.60 bits per heavy atom. The van der Waals surface area contributed by atoms with Gasteiger partial charge in [0.15, 0.2) is 0 Å². The van der Waals surface area contributed by atoms with Crippen molar-refractivity contribution in [1.82, 2.24) is 0 Å². The minimum Gasteiger partial charge on any atom is -0.372 e. The van der Waals surface area contributed by atoms with E-state index in [0.29, 0.717) is 6.42 Å². The predicted octanol–water partition coefficient (Wildman–Crippen LogP) is 5.20. The summed E-state index contributed by atoms with van der Waals surface area (Å²) in [6.07, 6.45) is 5.72. The molecular weight excluding hydrogens is 308 g/mol. The molecule has 1 atom stereocenters. The highest BCUT2D eigenvalue weighted by molar-refractivity contribution is 5.91. The molecule has 1 aliphatic heterocycles. The first-order valence-electron chi connectivity index (χ1n) is 9.42. The highest BCUT2D eigenvalue weighted by Crippen LogP contribution is 2.23. The zero-order valence-electron chi connectivity index (χ0n) is 15.1. The molecule has 0 saturated carbocycles. The van der Waals surface area contributed by atoms with Crippen molar-refractivity contribution in [2.24, 2.45) is 0 Å². The summed E-state index contributed by atoms with van der Waals surface area (Å²) in [5.41, 5.74) is 3.34. The van der Waals surface area contributed by atoms with Crippen molar-refractivity contribution >= 4 is 17.3 Å². The summed E-state index contributed by atoms with van der Waals surface area (Å²) in [5.74, 6) is 0.288. The van der Waals surface area contributed by atoms with E-state index in [1.165, 1.54) is 36.9 Å². The third-order valence-electron chi connectivity index (χ3n) is 4.98. The Labute approximate surface area is 151 Å². The average Bonchev–Trinajstić information content (AvgIpc) is 2.92. The largest absolute Gasteiger partial charge is 0.372 e. The van der Waals surface area contributed by atoms with Gasteiger partial charge in [0.1, 0.15) is 0 Å². The van der Waals surface area contributed by atoms with Crippen LogP contribution in [0.5, 0.6) is 0 Å². The summed E-state index contributed by atoms with van der Waals surface area (Å²) < 4.78 is 0. The van der Waals surface area contributed by atoms with Crippen molar-refractivity contribution in [3.8, 4) is 0 Å². The van der Waals surface area contributed by atoms with Gasteiger partial charge in [-0.3, -0.25) is 4.79 Å². The van der Waals surface area contributed by atoms with Gasteiger partial charge in [-0.15, -0.1) is 0 Å². The van der Waals surface area contributed by atoms with Crippen LogP contribution in [0.2, 0.25) is 0 Å². The maximum Gasteiger partial charge on any atom is 0.224 e. The number of amides is 1. The second-order valence-corrected chi connectivity index (χ2v) is 7.01. The zero-order chi connectivity index (χ0) is 17.5. The highest BCUT2D eigenvalue weighted by atomic mass is 16.1. The molecule has 0 aliphatic carbocycles. The Morgan fingerprint density at radius 1 is 0.960 bits per heavy atom. The van der Waals surface area contributed by atoms with Crippen molar-refractivity contribution in [1.29, 1.82) is 0 Å². The van der Waals surface area contributed by atoms with Crippen molar-refractivity contribution in [2.75, 3.05) is 23.3 Å². The van der Waals surface area contributed by atoms with Crippen LogP contribution in [0, 0.1) is 0 Å². The van der Waals surface area contributed by atoms with Gasteiger partial charge in [0.05, 0.1) is 0 Å². The monoisotopic (exact) mass is 336 g/mol. The van der Waals surface area contributed by atoms with Gasteiger partial charge < -0.3 is 10.2 Å². The van der Waals surface area contributed by atoms with E-state index < -0.39 is 0 Å². The van der Waals surface area contributed by atoms with E-state index in [1.54, 1.807) is 0 Å². The minimum atomic E-state index is 0.0684. The summed E-state index contributed by atoms with van der Waals surface area (Å²) in [6, 6.07) is 18.5. The fourth-order valence-corrected chi connectivity index (χ4v) is 3.47. The van der Waals surface area contributed by atoms with Crippen LogP contribution in [-0.2, 0) is 4.79 Å². The molecule has 2 aromatic carbocycles. The van der Waals surface area contributed by atoms with E-state index in [1.807, 2.05) is 30.3 Å². The van der Waals surface area contributed by atoms with Crippen molar-refractivity contribution in [3.63, 3.8) is 0 Å². The quantitative estimate of drug-likeness (QED) is 0.814. The number of anilines is 2. The molecule has 1 fully saturated rings. The van der Waals surface area contributed by atoms with Gasteiger partial charge in [0.25, 0.3) is 0 Å². The fourth-order valence-electron chi connectivity index (χ4n) is 3.47. The molecule has 0 radical (unpaired) electrons. The van der Waals surface area contributed by atoms with Crippen LogP contribution >= 0.6 is 0 Å². The number of carbonyl (C=O) groups is 1. The summed E-state index contributed by atoms with van der Waals surface area (Å²) >= 11 is 0. The first-order valence-corrected chi connectivity index (χ1v) is 9.42. The van der Waals surface area contributed by atoms with E-state index in [0.717, 1.165) is 18.8 Å². The summed E-state index contributed by atoms with van der Waals surface area (Å²) in [6.45, 7) is 4.37. The van der Waals surface area contributed by atoms with Crippen LogP contribution < -0.4 is 10.2 Å². The third-order valence-corrected chi connectivity index (χ3v) is 4.98. The second-order valence-electron chi connectivity index (χ2n) is 7.01. The van der Waals surface area contributed by atoms with Gasteiger partial charge in [-0.2, -0.15) is 0 Å². The van der Waals surface area contributed by atoms with Gasteiger partial charge in [-0.25, -0.2) is 0 Å². The Morgan fingerprint density at radius 3 is 2.24 bits per heavy atom. The molecule has 2 aromatic rings. The average molecular weight is 336 g/mol. The standard InChI is InChI=1S/C22H28N2O/c1-18(19-9-5-4-6-10-19)17-22(25)23-20-11-13-21(14-12-20)24-15-7-2-3-8-16-24/h4-6,9-14,18H,2-3,7-8,15-17H2,1H3,(H,23,25)/t18-/m1/s1. The maximum atomic E-state index is 12.3. The second kappa shape index (κ2) is 8.70. The van der Waals surface area contributed by atoms with Crippen molar-refractivity contribution in [3.05, 3.63) is 60.2 Å². The van der Waals surface area contributed by atoms with E-state index in [9.17, 15) is 4.79 Å². The molecule has 1 heterocycles. The van der Waals surface area contributed by atoms with Crippen LogP contribution in [0.15, 0.2) is 54.6 Å². The molecule has 3 heteroatoms. The number of rotatable bonds is 5. The molecule has 1 amide bonds. The number of nitrogens with one attached hydrogen (secondary N) is 1. The van der Waals surface area contributed by atoms with Crippen LogP contribution in [0.1, 0.15) is 50.5 Å². The van der Waals surface area contributed by atoms with Gasteiger partial charge in [0, 0.05) is 30.9 Å². The lowest BCUT2D eigenvalue weighted by Crippen LogP contribution is -2.23. The summed E-state index contributed by atoms with van der Waals surface area (Å²) in [7, 11) is 0. The molecule has 1 N–H and O–H groups in total. The van der Waals surface area contributed by atoms with Crippen molar-refractivity contribution < 1.29 is 4.79 Å². The number of benzene rings is 2. The van der Waals surface area contributed by atoms with Gasteiger partial charge in [0.2, 0.25) is 5.91 Å². The topological polar surface area (TPSA) is 32.3 Å². The smallest absolute Gasteiger partial charge is 0.224 e. The Balaban J connectivity index is 1.54. The molecular formula is C22H28N2O. The Hall–Kier alpha value is -2.29. The van der Waals surface area contributed by atoms with E-state index >= 15 is 0 Å². The normalized spacial score (nSPS) is 16.1. The van der Waals surface area contributed by atoms with E-state index in [-0.39, 0.29) is 11.8 Å². The van der Waals surface area contributed by atoms with Gasteiger partial charge in [-0.05, 0) is 48.6 Å². The van der Waals surface area contributed by atoms with Crippen LogP contribution in [0.4, 0.5) is 11.4 Å². The predicted molar refractivity (Wildman–Crippen MR) is 105 cm³/mol. The Bertz CT molecular complexity index is 658. The van der Waals surface area contributed by atoms with Crippen molar-refractivity contribution in [2.45, 2.75) is 44.9 Å². The molecule has 3 nitrogen and oxygen atoms in total. The highest BCUT2D eigenvalue weighted by Gasteiger charge is 2.12. The molecule has 1 aliphatic rings. The summed E-state index contributed by atoms with van der Waals surface area (Å²) in [5, 5.41) is 3.03. The molecule has 25 heavy (non-hydrogen) atoms. The minimum absolute atomic E-state index is 0.0684. The number of nitrogens with zero attached hydrogens (tertiary/aromatic N) is 1. The number of hydrogen-bond acceptors (Lipinski definition) is 2. The molecule has 0 aromatic heterocycles. The molecule has 1 saturated heterocycles. The lowest BCUT2D eigenvalue weighted by Gasteiger charge is -2.22. The first-order chi connectivity index (χ1) is 12.2.